The lowest BCUT2D eigenvalue weighted by Gasteiger charge is -2.35. The van der Waals surface area contributed by atoms with Gasteiger partial charge in [-0.3, -0.25) is 0 Å². The van der Waals surface area contributed by atoms with Crippen LogP contribution < -0.4 is 5.73 Å². The van der Waals surface area contributed by atoms with Crippen molar-refractivity contribution >= 4 is 22.2 Å². The smallest absolute Gasteiger partial charge is 0.150 e. The van der Waals surface area contributed by atoms with Gasteiger partial charge in [0.25, 0.3) is 0 Å². The van der Waals surface area contributed by atoms with Crippen LogP contribution in [0.15, 0.2) is 0 Å². The van der Waals surface area contributed by atoms with Crippen molar-refractivity contribution in [2.45, 2.75) is 30.9 Å². The fourth-order valence-electron chi connectivity index (χ4n) is 2.16. The third-order valence-corrected chi connectivity index (χ3v) is 4.82. The molecule has 2 fully saturated rings. The van der Waals surface area contributed by atoms with E-state index in [1.54, 1.807) is 0 Å². The average molecular weight is 242 g/mol. The molecule has 2 saturated heterocycles. The summed E-state index contributed by atoms with van der Waals surface area (Å²) in [7, 11) is -2.81. The van der Waals surface area contributed by atoms with Gasteiger partial charge in [0, 0.05) is 12.6 Å². The standard InChI is InChI=1S/C8H15NO3S.ClH/c9-7-1-4-12-8(7)2-5-13(10,11)6-3-8;/h7H,1-6,9H2;1H. The summed E-state index contributed by atoms with van der Waals surface area (Å²) in [4.78, 5) is 0. The molecule has 0 aliphatic carbocycles. The lowest BCUT2D eigenvalue weighted by molar-refractivity contribution is -0.0119. The summed E-state index contributed by atoms with van der Waals surface area (Å²) in [6.45, 7) is 0.682. The first-order chi connectivity index (χ1) is 6.04. The zero-order valence-corrected chi connectivity index (χ0v) is 9.57. The summed E-state index contributed by atoms with van der Waals surface area (Å²) in [5, 5.41) is 0. The predicted octanol–water partition coefficient (Wildman–Crippen LogP) is 0.103. The van der Waals surface area contributed by atoms with E-state index in [1.807, 2.05) is 0 Å². The van der Waals surface area contributed by atoms with E-state index in [4.69, 9.17) is 10.5 Å². The number of rotatable bonds is 0. The molecular formula is C8H16ClNO3S. The van der Waals surface area contributed by atoms with Crippen LogP contribution in [-0.4, -0.2) is 38.2 Å². The van der Waals surface area contributed by atoms with Crippen molar-refractivity contribution in [3.63, 3.8) is 0 Å². The molecule has 0 saturated carbocycles. The minimum absolute atomic E-state index is 0. The van der Waals surface area contributed by atoms with E-state index in [9.17, 15) is 8.42 Å². The van der Waals surface area contributed by atoms with Crippen molar-refractivity contribution < 1.29 is 13.2 Å². The third kappa shape index (κ3) is 2.05. The molecule has 0 aromatic heterocycles. The highest BCUT2D eigenvalue weighted by Crippen LogP contribution is 2.35. The van der Waals surface area contributed by atoms with Crippen LogP contribution in [0.3, 0.4) is 0 Å². The fraction of sp³-hybridized carbons (Fsp3) is 1.00. The van der Waals surface area contributed by atoms with Gasteiger partial charge in [-0.15, -0.1) is 12.4 Å². The number of nitrogens with two attached hydrogens (primary N) is 1. The van der Waals surface area contributed by atoms with Crippen molar-refractivity contribution in [1.82, 2.24) is 0 Å². The SMILES string of the molecule is Cl.NC1CCOC12CCS(=O)(=O)CC2. The van der Waals surface area contributed by atoms with Gasteiger partial charge >= 0.3 is 0 Å². The largest absolute Gasteiger partial charge is 0.373 e. The molecule has 0 amide bonds. The quantitative estimate of drug-likeness (QED) is 0.653. The zero-order chi connectivity index (χ0) is 9.53. The molecule has 1 spiro atoms. The number of ether oxygens (including phenoxy) is 1. The summed E-state index contributed by atoms with van der Waals surface area (Å²) < 4.78 is 28.0. The molecule has 6 heteroatoms. The topological polar surface area (TPSA) is 69.4 Å². The number of sulfone groups is 1. The van der Waals surface area contributed by atoms with Crippen LogP contribution in [0.2, 0.25) is 0 Å². The second kappa shape index (κ2) is 3.96. The second-order valence-electron chi connectivity index (χ2n) is 3.96. The van der Waals surface area contributed by atoms with Crippen LogP contribution in [0.25, 0.3) is 0 Å². The predicted molar refractivity (Wildman–Crippen MR) is 56.4 cm³/mol. The maximum absolute atomic E-state index is 11.2. The Morgan fingerprint density at radius 3 is 2.29 bits per heavy atom. The number of halogens is 1. The maximum Gasteiger partial charge on any atom is 0.150 e. The maximum atomic E-state index is 11.2. The lowest BCUT2D eigenvalue weighted by Crippen LogP contribution is -2.50. The highest BCUT2D eigenvalue weighted by molar-refractivity contribution is 7.91. The van der Waals surface area contributed by atoms with Gasteiger partial charge in [-0.25, -0.2) is 8.42 Å². The monoisotopic (exact) mass is 241 g/mol. The lowest BCUT2D eigenvalue weighted by atomic mass is 9.89. The Morgan fingerprint density at radius 2 is 1.86 bits per heavy atom. The van der Waals surface area contributed by atoms with Gasteiger partial charge in [-0.1, -0.05) is 0 Å². The summed E-state index contributed by atoms with van der Waals surface area (Å²) in [6.07, 6.45) is 2.02. The molecule has 0 radical (unpaired) electrons. The van der Waals surface area contributed by atoms with Gasteiger partial charge in [0.1, 0.15) is 0 Å². The molecule has 0 bridgehead atoms. The highest BCUT2D eigenvalue weighted by atomic mass is 35.5. The summed E-state index contributed by atoms with van der Waals surface area (Å²) in [5.41, 5.74) is 5.60. The Balaban J connectivity index is 0.000000980. The van der Waals surface area contributed by atoms with Crippen LogP contribution in [0, 0.1) is 0 Å². The Kier molecular flexibility index (Phi) is 3.46. The molecule has 0 aromatic carbocycles. The molecule has 2 heterocycles. The minimum Gasteiger partial charge on any atom is -0.373 e. The van der Waals surface area contributed by atoms with Crippen molar-refractivity contribution in [1.29, 1.82) is 0 Å². The molecule has 2 aliphatic rings. The van der Waals surface area contributed by atoms with Crippen LogP contribution in [0.5, 0.6) is 0 Å². The van der Waals surface area contributed by atoms with E-state index in [2.05, 4.69) is 0 Å². The normalized spacial score (nSPS) is 33.9. The van der Waals surface area contributed by atoms with E-state index in [-0.39, 0.29) is 35.6 Å². The molecule has 0 aromatic rings. The first kappa shape index (κ1) is 12.2. The van der Waals surface area contributed by atoms with E-state index >= 15 is 0 Å². The molecule has 4 nitrogen and oxygen atoms in total. The van der Waals surface area contributed by atoms with Crippen LogP contribution in [0.1, 0.15) is 19.3 Å². The van der Waals surface area contributed by atoms with Gasteiger partial charge in [-0.05, 0) is 19.3 Å². The molecule has 2 rings (SSSR count). The fourth-order valence-corrected chi connectivity index (χ4v) is 3.68. The van der Waals surface area contributed by atoms with E-state index in [1.165, 1.54) is 0 Å². The van der Waals surface area contributed by atoms with Gasteiger partial charge in [0.05, 0.1) is 17.1 Å². The first-order valence-corrected chi connectivity index (χ1v) is 6.46. The minimum atomic E-state index is -2.81. The van der Waals surface area contributed by atoms with Crippen molar-refractivity contribution in [3.05, 3.63) is 0 Å². The van der Waals surface area contributed by atoms with E-state index in [0.717, 1.165) is 6.42 Å². The molecule has 1 atom stereocenters. The molecule has 2 aliphatic heterocycles. The molecule has 84 valence electrons. The Morgan fingerprint density at radius 1 is 1.29 bits per heavy atom. The molecular weight excluding hydrogens is 226 g/mol. The average Bonchev–Trinajstić information content (AvgIpc) is 2.41. The Labute approximate surface area is 90.5 Å². The van der Waals surface area contributed by atoms with Crippen molar-refractivity contribution in [3.8, 4) is 0 Å². The molecule has 2 N–H and O–H groups in total. The van der Waals surface area contributed by atoms with E-state index in [0.29, 0.717) is 19.4 Å². The van der Waals surface area contributed by atoms with Gasteiger partial charge in [-0.2, -0.15) is 0 Å². The Bertz CT molecular complexity index is 290. The third-order valence-electron chi connectivity index (χ3n) is 3.17. The van der Waals surface area contributed by atoms with Crippen LogP contribution >= 0.6 is 12.4 Å². The summed E-state index contributed by atoms with van der Waals surface area (Å²) in [5.74, 6) is 0.474. The Hall–Kier alpha value is 0.160. The van der Waals surface area contributed by atoms with Gasteiger partial charge < -0.3 is 10.5 Å². The van der Waals surface area contributed by atoms with Crippen molar-refractivity contribution in [2.75, 3.05) is 18.1 Å². The summed E-state index contributed by atoms with van der Waals surface area (Å²) >= 11 is 0. The van der Waals surface area contributed by atoms with Gasteiger partial charge in [0.15, 0.2) is 9.84 Å². The van der Waals surface area contributed by atoms with E-state index < -0.39 is 9.84 Å². The van der Waals surface area contributed by atoms with Crippen LogP contribution in [0.4, 0.5) is 0 Å². The number of hydrogen-bond acceptors (Lipinski definition) is 4. The molecule has 1 unspecified atom stereocenters. The van der Waals surface area contributed by atoms with Crippen molar-refractivity contribution in [2.24, 2.45) is 5.73 Å². The first-order valence-electron chi connectivity index (χ1n) is 4.64. The van der Waals surface area contributed by atoms with Crippen LogP contribution in [-0.2, 0) is 14.6 Å². The zero-order valence-electron chi connectivity index (χ0n) is 7.94. The van der Waals surface area contributed by atoms with Gasteiger partial charge in [0.2, 0.25) is 0 Å². The summed E-state index contributed by atoms with van der Waals surface area (Å²) in [6, 6.07) is 0.0306. The molecule has 14 heavy (non-hydrogen) atoms. The highest BCUT2D eigenvalue weighted by Gasteiger charge is 2.45. The number of hydrogen-bond donors (Lipinski definition) is 1. The second-order valence-corrected chi connectivity index (χ2v) is 6.26.